The Labute approximate surface area is 168 Å². The van der Waals surface area contributed by atoms with Crippen LogP contribution in [0.15, 0.2) is 36.4 Å². The van der Waals surface area contributed by atoms with Gasteiger partial charge in [0.25, 0.3) is 5.91 Å². The number of rotatable bonds is 8. The Kier molecular flexibility index (Phi) is 6.33. The monoisotopic (exact) mass is 398 g/mol. The van der Waals surface area contributed by atoms with E-state index in [1.54, 1.807) is 36.4 Å². The zero-order chi connectivity index (χ0) is 20.8. The molecule has 0 unspecified atom stereocenters. The molecule has 152 valence electrons. The first-order valence-corrected chi connectivity index (χ1v) is 9.23. The number of hydrogen-bond acceptors (Lipinski definition) is 6. The largest absolute Gasteiger partial charge is 0.483 e. The van der Waals surface area contributed by atoms with E-state index in [4.69, 9.17) is 14.2 Å². The Bertz CT molecular complexity index is 941. The number of benzene rings is 2. The summed E-state index contributed by atoms with van der Waals surface area (Å²) in [5.74, 6) is 0.701. The second-order valence-electron chi connectivity index (χ2n) is 6.47. The van der Waals surface area contributed by atoms with Gasteiger partial charge in [-0.3, -0.25) is 14.4 Å². The molecule has 0 atom stereocenters. The summed E-state index contributed by atoms with van der Waals surface area (Å²) >= 11 is 0. The first-order chi connectivity index (χ1) is 14.0. The highest BCUT2D eigenvalue weighted by molar-refractivity contribution is 5.99. The van der Waals surface area contributed by atoms with E-state index in [1.165, 1.54) is 6.92 Å². The van der Waals surface area contributed by atoms with Crippen molar-refractivity contribution in [3.63, 3.8) is 0 Å². The van der Waals surface area contributed by atoms with Crippen molar-refractivity contribution in [2.24, 2.45) is 0 Å². The van der Waals surface area contributed by atoms with Crippen LogP contribution in [0, 0.1) is 0 Å². The van der Waals surface area contributed by atoms with Crippen molar-refractivity contribution in [1.82, 2.24) is 0 Å². The first-order valence-electron chi connectivity index (χ1n) is 9.23. The third-order valence-corrected chi connectivity index (χ3v) is 4.13. The van der Waals surface area contributed by atoms with Gasteiger partial charge in [0, 0.05) is 23.9 Å². The normalized spacial score (nSPS) is 11.7. The molecule has 1 heterocycles. The van der Waals surface area contributed by atoms with Crippen molar-refractivity contribution < 1.29 is 28.6 Å². The van der Waals surface area contributed by atoms with Crippen molar-refractivity contribution in [3.05, 3.63) is 42.0 Å². The van der Waals surface area contributed by atoms with Crippen LogP contribution in [-0.2, 0) is 9.59 Å². The van der Waals surface area contributed by atoms with Crippen molar-refractivity contribution in [3.8, 4) is 17.2 Å². The minimum atomic E-state index is -0.390. The Balaban J connectivity index is 1.62. The first kappa shape index (κ1) is 20.2. The lowest BCUT2D eigenvalue weighted by molar-refractivity contribution is -0.118. The fraction of sp³-hybridized carbons (Fsp3) is 0.286. The molecule has 0 saturated carbocycles. The number of fused-ring (bicyclic) bond motifs is 1. The van der Waals surface area contributed by atoms with E-state index in [1.807, 2.05) is 6.92 Å². The van der Waals surface area contributed by atoms with Gasteiger partial charge in [-0.25, -0.2) is 0 Å². The molecule has 2 amide bonds. The van der Waals surface area contributed by atoms with Gasteiger partial charge in [-0.2, -0.15) is 0 Å². The number of anilines is 2. The lowest BCUT2D eigenvalue weighted by Crippen LogP contribution is -2.21. The Morgan fingerprint density at radius 2 is 1.66 bits per heavy atom. The van der Waals surface area contributed by atoms with Gasteiger partial charge >= 0.3 is 0 Å². The average molecular weight is 398 g/mol. The number of Topliss-reactive ketones (excluding diaryl/α,β-unsaturated/α-hetero) is 1. The maximum atomic E-state index is 12.2. The molecule has 0 bridgehead atoms. The molecule has 0 spiro atoms. The topological polar surface area (TPSA) is 103 Å². The fourth-order valence-electron chi connectivity index (χ4n) is 2.77. The summed E-state index contributed by atoms with van der Waals surface area (Å²) in [5.41, 5.74) is 1.34. The number of carbonyl (C=O) groups is 3. The van der Waals surface area contributed by atoms with Crippen molar-refractivity contribution >= 4 is 29.0 Å². The van der Waals surface area contributed by atoms with Crippen LogP contribution in [0.2, 0.25) is 0 Å². The Morgan fingerprint density at radius 3 is 2.41 bits per heavy atom. The van der Waals surface area contributed by atoms with Gasteiger partial charge in [0.15, 0.2) is 23.9 Å². The summed E-state index contributed by atoms with van der Waals surface area (Å²) in [6.45, 7) is 3.17. The standard InChI is InChI=1S/C21H22N2O6/c1-3-4-20(25)22-14-5-7-17(16(9-14)13(2)24)27-11-21(26)23-15-6-8-18-19(10-15)29-12-28-18/h5-10H,3-4,11-12H2,1-2H3,(H,22,25)(H,23,26). The molecule has 0 aliphatic carbocycles. The molecular weight excluding hydrogens is 376 g/mol. The van der Waals surface area contributed by atoms with E-state index in [0.717, 1.165) is 6.42 Å². The zero-order valence-electron chi connectivity index (χ0n) is 16.2. The molecule has 0 fully saturated rings. The molecule has 0 radical (unpaired) electrons. The fourth-order valence-corrected chi connectivity index (χ4v) is 2.77. The molecule has 1 aliphatic heterocycles. The average Bonchev–Trinajstić information content (AvgIpc) is 3.14. The number of hydrogen-bond donors (Lipinski definition) is 2. The van der Waals surface area contributed by atoms with E-state index >= 15 is 0 Å². The Hall–Kier alpha value is -3.55. The highest BCUT2D eigenvalue weighted by atomic mass is 16.7. The predicted octanol–water partition coefficient (Wildman–Crippen LogP) is 3.37. The van der Waals surface area contributed by atoms with Gasteiger partial charge in [-0.15, -0.1) is 0 Å². The number of ether oxygens (including phenoxy) is 3. The summed E-state index contributed by atoms with van der Waals surface area (Å²) < 4.78 is 16.0. The molecule has 1 aliphatic rings. The summed E-state index contributed by atoms with van der Waals surface area (Å²) in [5, 5.41) is 5.44. The van der Waals surface area contributed by atoms with Crippen molar-refractivity contribution in [2.75, 3.05) is 24.0 Å². The number of nitrogens with one attached hydrogen (secondary N) is 2. The van der Waals surface area contributed by atoms with Gasteiger partial charge < -0.3 is 24.8 Å². The molecular formula is C21H22N2O6. The van der Waals surface area contributed by atoms with Gasteiger partial charge in [-0.05, 0) is 43.7 Å². The lowest BCUT2D eigenvalue weighted by Gasteiger charge is -2.12. The van der Waals surface area contributed by atoms with E-state index in [2.05, 4.69) is 10.6 Å². The van der Waals surface area contributed by atoms with Crippen molar-refractivity contribution in [1.29, 1.82) is 0 Å². The van der Waals surface area contributed by atoms with Crippen molar-refractivity contribution in [2.45, 2.75) is 26.7 Å². The molecule has 0 aromatic heterocycles. The summed E-state index contributed by atoms with van der Waals surface area (Å²) in [6, 6.07) is 9.80. The van der Waals surface area contributed by atoms with E-state index < -0.39 is 5.91 Å². The van der Waals surface area contributed by atoms with E-state index in [-0.39, 0.29) is 36.4 Å². The van der Waals surface area contributed by atoms with Gasteiger partial charge in [0.05, 0.1) is 5.56 Å². The smallest absolute Gasteiger partial charge is 0.262 e. The van der Waals surface area contributed by atoms with Crippen LogP contribution in [0.25, 0.3) is 0 Å². The summed E-state index contributed by atoms with van der Waals surface area (Å²) in [4.78, 5) is 35.9. The Morgan fingerprint density at radius 1 is 0.966 bits per heavy atom. The molecule has 2 aromatic rings. The third-order valence-electron chi connectivity index (χ3n) is 4.13. The maximum Gasteiger partial charge on any atom is 0.262 e. The minimum Gasteiger partial charge on any atom is -0.483 e. The highest BCUT2D eigenvalue weighted by Gasteiger charge is 2.16. The van der Waals surface area contributed by atoms with Crippen LogP contribution in [0.1, 0.15) is 37.0 Å². The molecule has 0 saturated heterocycles. The quantitative estimate of drug-likeness (QED) is 0.661. The third kappa shape index (κ3) is 5.25. The van der Waals surface area contributed by atoms with Crippen LogP contribution < -0.4 is 24.8 Å². The van der Waals surface area contributed by atoms with Crippen LogP contribution >= 0.6 is 0 Å². The second kappa shape index (κ2) is 9.09. The zero-order valence-corrected chi connectivity index (χ0v) is 16.2. The van der Waals surface area contributed by atoms with Crippen LogP contribution in [-0.4, -0.2) is 31.0 Å². The second-order valence-corrected chi connectivity index (χ2v) is 6.47. The lowest BCUT2D eigenvalue weighted by atomic mass is 10.1. The summed E-state index contributed by atoms with van der Waals surface area (Å²) in [7, 11) is 0. The number of ketones is 1. The van der Waals surface area contributed by atoms with E-state index in [9.17, 15) is 14.4 Å². The van der Waals surface area contributed by atoms with Crippen LogP contribution in [0.3, 0.4) is 0 Å². The predicted molar refractivity (Wildman–Crippen MR) is 107 cm³/mol. The number of amides is 2. The van der Waals surface area contributed by atoms with Crippen LogP contribution in [0.4, 0.5) is 11.4 Å². The van der Waals surface area contributed by atoms with Gasteiger partial charge in [-0.1, -0.05) is 6.92 Å². The van der Waals surface area contributed by atoms with Crippen LogP contribution in [0.5, 0.6) is 17.2 Å². The molecule has 3 rings (SSSR count). The molecule has 2 aromatic carbocycles. The minimum absolute atomic E-state index is 0.126. The molecule has 8 heteroatoms. The number of carbonyl (C=O) groups excluding carboxylic acids is 3. The van der Waals surface area contributed by atoms with Gasteiger partial charge in [0.1, 0.15) is 5.75 Å². The molecule has 2 N–H and O–H groups in total. The SMILES string of the molecule is CCCC(=O)Nc1ccc(OCC(=O)Nc2ccc3c(c2)OCO3)c(C(C)=O)c1. The maximum absolute atomic E-state index is 12.2. The molecule has 8 nitrogen and oxygen atoms in total. The van der Waals surface area contributed by atoms with Gasteiger partial charge in [0.2, 0.25) is 12.7 Å². The van der Waals surface area contributed by atoms with E-state index in [0.29, 0.717) is 29.3 Å². The highest BCUT2D eigenvalue weighted by Crippen LogP contribution is 2.34. The molecule has 29 heavy (non-hydrogen) atoms. The summed E-state index contributed by atoms with van der Waals surface area (Å²) in [6.07, 6.45) is 1.12.